The lowest BCUT2D eigenvalue weighted by Gasteiger charge is -2.25. The number of aliphatic imine (C=N–C) groups is 1. The zero-order valence-corrected chi connectivity index (χ0v) is 11.9. The van der Waals surface area contributed by atoms with Crippen molar-refractivity contribution in [3.05, 3.63) is 41.3 Å². The number of halogens is 1. The lowest BCUT2D eigenvalue weighted by atomic mass is 10.1. The van der Waals surface area contributed by atoms with Crippen molar-refractivity contribution in [3.8, 4) is 0 Å². The van der Waals surface area contributed by atoms with Gasteiger partial charge in [-0.15, -0.1) is 11.8 Å². The van der Waals surface area contributed by atoms with Crippen LogP contribution in [0.25, 0.3) is 0 Å². The maximum atomic E-state index is 4.48. The molecule has 1 unspecified atom stereocenters. The van der Waals surface area contributed by atoms with Crippen molar-refractivity contribution in [3.63, 3.8) is 0 Å². The number of nitrogens with zero attached hydrogens (tertiary/aromatic N) is 3. The minimum Gasteiger partial charge on any atom is -0.342 e. The minimum absolute atomic E-state index is 0.450. The second-order valence-corrected chi connectivity index (χ2v) is 6.20. The molecule has 0 radical (unpaired) electrons. The number of hydrogen-bond acceptors (Lipinski definition) is 4. The first kappa shape index (κ1) is 11.9. The number of hydrogen-bond donors (Lipinski definition) is 1. The largest absolute Gasteiger partial charge is 0.342 e. The standard InChI is InChI=1S/C12H11BrN4S/c13-8-1-2-9-10(5-8)18-6-12(16-9)17-11-3-4-14-7-15-11/h1-4,7-8H,5-6H2,(H,14,15,16,17). The molecule has 0 bridgehead atoms. The van der Waals surface area contributed by atoms with Crippen molar-refractivity contribution in [2.24, 2.45) is 4.99 Å². The van der Waals surface area contributed by atoms with Gasteiger partial charge in [-0.3, -0.25) is 0 Å². The van der Waals surface area contributed by atoms with Crippen LogP contribution in [0.4, 0.5) is 5.82 Å². The van der Waals surface area contributed by atoms with Crippen molar-refractivity contribution < 1.29 is 0 Å². The molecule has 92 valence electrons. The van der Waals surface area contributed by atoms with E-state index in [1.807, 2.05) is 11.8 Å². The Morgan fingerprint density at radius 2 is 2.44 bits per heavy atom. The number of aromatic nitrogens is 2. The van der Waals surface area contributed by atoms with Crippen LogP contribution in [0, 0.1) is 0 Å². The fourth-order valence-corrected chi connectivity index (χ4v) is 3.50. The molecule has 1 N–H and O–H groups in total. The normalized spacial score (nSPS) is 24.9. The number of nitrogens with one attached hydrogen (secondary N) is 1. The highest BCUT2D eigenvalue weighted by Gasteiger charge is 2.20. The van der Waals surface area contributed by atoms with Gasteiger partial charge in [0.25, 0.3) is 0 Å². The van der Waals surface area contributed by atoms with Gasteiger partial charge in [-0.05, 0) is 12.5 Å². The number of alkyl halides is 1. The van der Waals surface area contributed by atoms with Gasteiger partial charge in [0.2, 0.25) is 0 Å². The molecule has 3 rings (SSSR count). The molecule has 6 heteroatoms. The molecular formula is C12H11BrN4S. The molecule has 1 atom stereocenters. The average Bonchev–Trinajstić information content (AvgIpc) is 2.40. The molecule has 18 heavy (non-hydrogen) atoms. The number of allylic oxidation sites excluding steroid dienone is 3. The molecule has 0 saturated heterocycles. The van der Waals surface area contributed by atoms with Crippen LogP contribution in [-0.4, -0.2) is 26.4 Å². The maximum Gasteiger partial charge on any atom is 0.157 e. The summed E-state index contributed by atoms with van der Waals surface area (Å²) in [6.07, 6.45) is 8.52. The summed E-state index contributed by atoms with van der Waals surface area (Å²) in [4.78, 5) is 14.3. The predicted octanol–water partition coefficient (Wildman–Crippen LogP) is 2.78. The van der Waals surface area contributed by atoms with E-state index in [4.69, 9.17) is 0 Å². The monoisotopic (exact) mass is 322 g/mol. The fourth-order valence-electron chi connectivity index (χ4n) is 1.79. The Labute approximate surface area is 118 Å². The van der Waals surface area contributed by atoms with Gasteiger partial charge >= 0.3 is 0 Å². The summed E-state index contributed by atoms with van der Waals surface area (Å²) in [6.45, 7) is 0. The maximum absolute atomic E-state index is 4.48. The highest BCUT2D eigenvalue weighted by molar-refractivity contribution is 9.09. The molecule has 1 aliphatic heterocycles. The van der Waals surface area contributed by atoms with Crippen LogP contribution < -0.4 is 5.32 Å². The van der Waals surface area contributed by atoms with Crippen molar-refractivity contribution >= 4 is 39.3 Å². The number of rotatable bonds is 1. The molecular weight excluding hydrogens is 312 g/mol. The van der Waals surface area contributed by atoms with Gasteiger partial charge in [0, 0.05) is 27.7 Å². The first-order valence-electron chi connectivity index (χ1n) is 5.60. The third kappa shape index (κ3) is 2.64. The van der Waals surface area contributed by atoms with Crippen LogP contribution >= 0.6 is 27.7 Å². The Bertz CT molecular complexity index is 538. The summed E-state index contributed by atoms with van der Waals surface area (Å²) in [5.41, 5.74) is 1.16. The molecule has 0 saturated carbocycles. The lowest BCUT2D eigenvalue weighted by Crippen LogP contribution is -2.30. The van der Waals surface area contributed by atoms with E-state index in [9.17, 15) is 0 Å². The summed E-state index contributed by atoms with van der Waals surface area (Å²) in [6, 6.07) is 1.80. The lowest BCUT2D eigenvalue weighted by molar-refractivity contribution is 0.983. The van der Waals surface area contributed by atoms with E-state index in [-0.39, 0.29) is 0 Å². The van der Waals surface area contributed by atoms with Gasteiger partial charge < -0.3 is 5.32 Å². The zero-order chi connectivity index (χ0) is 12.4. The van der Waals surface area contributed by atoms with Gasteiger partial charge in [0.05, 0.1) is 5.75 Å². The summed E-state index contributed by atoms with van der Waals surface area (Å²) in [7, 11) is 0. The average molecular weight is 323 g/mol. The summed E-state index contributed by atoms with van der Waals surface area (Å²) >= 11 is 5.45. The first-order valence-corrected chi connectivity index (χ1v) is 7.50. The van der Waals surface area contributed by atoms with E-state index in [0.717, 1.165) is 23.7 Å². The van der Waals surface area contributed by atoms with Crippen LogP contribution in [-0.2, 0) is 0 Å². The van der Waals surface area contributed by atoms with Crippen LogP contribution in [0.15, 0.2) is 46.3 Å². The summed E-state index contributed by atoms with van der Waals surface area (Å²) in [5.74, 6) is 2.49. The molecule has 1 aromatic heterocycles. The van der Waals surface area contributed by atoms with E-state index in [1.165, 1.54) is 11.2 Å². The molecule has 2 aliphatic rings. The second-order valence-electron chi connectivity index (χ2n) is 3.96. The Morgan fingerprint density at radius 1 is 1.50 bits per heavy atom. The highest BCUT2D eigenvalue weighted by Crippen LogP contribution is 2.33. The SMILES string of the molecule is BrC1C=CC2=C(C1)SCC(=Nc1ccncn1)N2. The van der Waals surface area contributed by atoms with E-state index >= 15 is 0 Å². The van der Waals surface area contributed by atoms with Gasteiger partial charge in [0.1, 0.15) is 12.2 Å². The molecule has 0 amide bonds. The third-order valence-corrected chi connectivity index (χ3v) is 4.41. The number of amidine groups is 1. The van der Waals surface area contributed by atoms with Gasteiger partial charge in [-0.2, -0.15) is 0 Å². The zero-order valence-electron chi connectivity index (χ0n) is 9.51. The Hall–Kier alpha value is -1.14. The highest BCUT2D eigenvalue weighted by atomic mass is 79.9. The second kappa shape index (κ2) is 5.24. The number of thioether (sulfide) groups is 1. The summed E-state index contributed by atoms with van der Waals surface area (Å²) in [5, 5.41) is 3.37. The molecule has 0 aromatic carbocycles. The summed E-state index contributed by atoms with van der Waals surface area (Å²) < 4.78 is 0. The topological polar surface area (TPSA) is 50.2 Å². The van der Waals surface area contributed by atoms with E-state index in [0.29, 0.717) is 10.6 Å². The fraction of sp³-hybridized carbons (Fsp3) is 0.250. The third-order valence-electron chi connectivity index (χ3n) is 2.63. The van der Waals surface area contributed by atoms with Crippen molar-refractivity contribution in [2.45, 2.75) is 11.2 Å². The molecule has 4 nitrogen and oxygen atoms in total. The quantitative estimate of drug-likeness (QED) is 0.808. The molecule has 2 heterocycles. The van der Waals surface area contributed by atoms with Gasteiger partial charge in [0.15, 0.2) is 5.82 Å². The molecule has 1 aliphatic carbocycles. The predicted molar refractivity (Wildman–Crippen MR) is 78.2 cm³/mol. The van der Waals surface area contributed by atoms with Crippen LogP contribution in [0.5, 0.6) is 0 Å². The van der Waals surface area contributed by atoms with Crippen molar-refractivity contribution in [1.29, 1.82) is 0 Å². The Balaban J connectivity index is 1.80. The van der Waals surface area contributed by atoms with Gasteiger partial charge in [-0.1, -0.05) is 22.0 Å². The smallest absolute Gasteiger partial charge is 0.157 e. The van der Waals surface area contributed by atoms with E-state index in [2.05, 4.69) is 48.4 Å². The molecule has 0 spiro atoms. The van der Waals surface area contributed by atoms with E-state index in [1.54, 1.807) is 12.3 Å². The molecule has 1 aromatic rings. The van der Waals surface area contributed by atoms with Crippen molar-refractivity contribution in [1.82, 2.24) is 15.3 Å². The Morgan fingerprint density at radius 3 is 3.28 bits per heavy atom. The van der Waals surface area contributed by atoms with Crippen LogP contribution in [0.1, 0.15) is 6.42 Å². The first-order chi connectivity index (χ1) is 8.81. The Kier molecular flexibility index (Phi) is 3.47. The van der Waals surface area contributed by atoms with Gasteiger partial charge in [-0.25, -0.2) is 15.0 Å². The van der Waals surface area contributed by atoms with Crippen molar-refractivity contribution in [2.75, 3.05) is 5.75 Å². The minimum atomic E-state index is 0.450. The van der Waals surface area contributed by atoms with Crippen LogP contribution in [0.3, 0.4) is 0 Å². The molecule has 0 fully saturated rings. The van der Waals surface area contributed by atoms with Crippen LogP contribution in [0.2, 0.25) is 0 Å². The van der Waals surface area contributed by atoms with E-state index < -0.39 is 0 Å².